The molecule has 2 N–H and O–H groups in total. The van der Waals surface area contributed by atoms with Crippen LogP contribution in [0.1, 0.15) is 108 Å². The molecular weight excluding hydrogens is 1370 g/mol. The van der Waals surface area contributed by atoms with Gasteiger partial charge in [0.15, 0.2) is 11.0 Å². The number of aliphatic hydroxyl groups excluding tert-OH is 1. The van der Waals surface area contributed by atoms with Crippen molar-refractivity contribution >= 4 is 70.8 Å². The van der Waals surface area contributed by atoms with Gasteiger partial charge in [0, 0.05) is 121 Å². The lowest BCUT2D eigenvalue weighted by Crippen LogP contribution is -2.41. The number of morpholine rings is 3. The number of aliphatic hydroxyl groups is 1. The van der Waals surface area contributed by atoms with E-state index in [0.717, 1.165) is 155 Å². The number of piperidine rings is 2. The first-order valence-electron chi connectivity index (χ1n) is 35.0. The van der Waals surface area contributed by atoms with Gasteiger partial charge in [-0.2, -0.15) is 19.6 Å². The second-order valence-electron chi connectivity index (χ2n) is 26.2. The second kappa shape index (κ2) is 39.8. The maximum atomic E-state index is 14.3. The molecule has 101 heavy (non-hydrogen) atoms. The molecule has 2 saturated carbocycles. The number of fused-ring (bicyclic) bond motifs is 2. The number of ether oxygens (including phenoxy) is 5. The third-order valence-electron chi connectivity index (χ3n) is 20.1. The van der Waals surface area contributed by atoms with Crippen LogP contribution in [0, 0.1) is 40.2 Å². The van der Waals surface area contributed by atoms with E-state index in [0.29, 0.717) is 88.5 Å². The van der Waals surface area contributed by atoms with Crippen LogP contribution < -0.4 is 24.5 Å². The highest BCUT2D eigenvalue weighted by Gasteiger charge is 2.62. The monoisotopic (exact) mass is 1470 g/mol. The number of nitrogens with one attached hydrogen (secondary N) is 1. The fourth-order valence-electron chi connectivity index (χ4n) is 14.0. The van der Waals surface area contributed by atoms with E-state index in [9.17, 15) is 27.6 Å². The Labute approximate surface area is 604 Å². The minimum Gasteiger partial charge on any atom is -0.474 e. The Morgan fingerprint density at radius 3 is 1.63 bits per heavy atom. The van der Waals surface area contributed by atoms with Crippen molar-refractivity contribution < 1.29 is 61.2 Å². The Morgan fingerprint density at radius 2 is 1.16 bits per heavy atom. The van der Waals surface area contributed by atoms with Gasteiger partial charge in [-0.25, -0.2) is 29.4 Å². The first-order valence-corrected chi connectivity index (χ1v) is 36.1. The average molecular weight is 1470 g/mol. The summed E-state index contributed by atoms with van der Waals surface area (Å²) < 4.78 is 66.1. The zero-order chi connectivity index (χ0) is 71.6. The first kappa shape index (κ1) is 78.4. The fourth-order valence-corrected chi connectivity index (χ4v) is 14.4. The van der Waals surface area contributed by atoms with Crippen LogP contribution in [0.4, 0.5) is 19.2 Å². The minimum atomic E-state index is -0.666. The Morgan fingerprint density at radius 1 is 0.653 bits per heavy atom. The van der Waals surface area contributed by atoms with Gasteiger partial charge in [0.1, 0.15) is 19.0 Å². The third-order valence-corrected chi connectivity index (χ3v) is 20.7. The molecule has 10 heterocycles. The number of amides is 2. The summed E-state index contributed by atoms with van der Waals surface area (Å²) in [6.45, 7) is 22.9. The topological polar surface area (TPSA) is 255 Å². The van der Waals surface area contributed by atoms with E-state index in [1.165, 1.54) is 12.0 Å². The smallest absolute Gasteiger partial charge is 0.472 e. The predicted molar refractivity (Wildman–Crippen MR) is 375 cm³/mol. The number of halogens is 6. The van der Waals surface area contributed by atoms with E-state index >= 15 is 0 Å². The normalized spacial score (nSPS) is 22.9. The SMILES string of the molecule is CC[C@]12CCC(CC1=O)C2(C)C.F[n+]1cnc(Cl)nc1OCCN1CCOCC1.Fc1cnc(Cl)nc1Cl.O=C(C1CCN(c2ncc(F)c(OCCN3CCOCC3)n2)CC1)N1N=CC[C@H]1c1ccccc1.O=C(C1CCNCC1)N1N=CC[C@H]1c1ccccc1.OCCN1CCOCC1. The highest BCUT2D eigenvalue weighted by atomic mass is 35.5. The number of Topliss-reactive ketones (excluding diaryl/α,β-unsaturated/α-hetero) is 1. The fraction of sp³-hybridized carbons (Fsp3) is 0.600. The lowest BCUT2D eigenvalue weighted by Gasteiger charge is -2.35. The maximum absolute atomic E-state index is 14.3. The summed E-state index contributed by atoms with van der Waals surface area (Å²) in [5.74, 6) is 0.652. The molecule has 0 spiro atoms. The lowest BCUT2D eigenvalue weighted by molar-refractivity contribution is -0.850. The summed E-state index contributed by atoms with van der Waals surface area (Å²) >= 11 is 16.0. The molecule has 550 valence electrons. The average Bonchev–Trinajstić information content (AvgIpc) is 1.56. The molecule has 2 aromatic carbocycles. The highest BCUT2D eigenvalue weighted by molar-refractivity contribution is 6.31. The number of rotatable bonds is 16. The predicted octanol–water partition coefficient (Wildman–Crippen LogP) is 8.33. The van der Waals surface area contributed by atoms with Gasteiger partial charge in [0.25, 0.3) is 12.2 Å². The van der Waals surface area contributed by atoms with Crippen LogP contribution in [0.2, 0.25) is 15.7 Å². The molecule has 1 unspecified atom stereocenters. The number of hydrazone groups is 2. The van der Waals surface area contributed by atoms with Crippen molar-refractivity contribution in [2.45, 2.75) is 97.1 Å². The molecule has 4 atom stereocenters. The van der Waals surface area contributed by atoms with Gasteiger partial charge in [-0.3, -0.25) is 29.1 Å². The molecule has 7 fully saturated rings. The molecule has 3 aromatic heterocycles. The van der Waals surface area contributed by atoms with Gasteiger partial charge in [-0.05, 0) is 118 Å². The number of β-amino-alcohol motifs (C(OH)–C–C–N with tert-alkyl or cyclic N) is 1. The van der Waals surface area contributed by atoms with E-state index in [2.05, 4.69) is 93.0 Å². The molecule has 25 nitrogen and oxygen atoms in total. The summed E-state index contributed by atoms with van der Waals surface area (Å²) in [5.41, 5.74) is 2.62. The summed E-state index contributed by atoms with van der Waals surface area (Å²) in [4.78, 5) is 68.7. The van der Waals surface area contributed by atoms with Crippen molar-refractivity contribution in [2.24, 2.45) is 38.8 Å². The number of hydrogen-bond donors (Lipinski definition) is 2. The lowest BCUT2D eigenvalue weighted by atomic mass is 9.67. The van der Waals surface area contributed by atoms with Crippen molar-refractivity contribution in [1.29, 1.82) is 0 Å². The Kier molecular flexibility index (Phi) is 30.9. The summed E-state index contributed by atoms with van der Waals surface area (Å²) in [6.07, 6.45) is 15.7. The zero-order valence-electron chi connectivity index (χ0n) is 57.9. The minimum absolute atomic E-state index is 0.0291. The van der Waals surface area contributed by atoms with Gasteiger partial charge in [-0.1, -0.05) is 98.0 Å². The summed E-state index contributed by atoms with van der Waals surface area (Å²) in [6, 6.07) is 20.0. The van der Waals surface area contributed by atoms with Crippen molar-refractivity contribution in [1.82, 2.24) is 59.9 Å². The van der Waals surface area contributed by atoms with Crippen LogP contribution in [0.25, 0.3) is 0 Å². The number of carbonyl (C=O) groups is 3. The quantitative estimate of drug-likeness (QED) is 0.0695. The van der Waals surface area contributed by atoms with E-state index in [4.69, 9.17) is 63.6 Å². The van der Waals surface area contributed by atoms with Crippen LogP contribution in [-0.2, 0) is 28.6 Å². The van der Waals surface area contributed by atoms with Gasteiger partial charge in [-0.15, -0.1) is 0 Å². The molecule has 5 saturated heterocycles. The first-order chi connectivity index (χ1) is 49.0. The molecule has 2 amide bonds. The second-order valence-corrected chi connectivity index (χ2v) is 27.2. The maximum Gasteiger partial charge on any atom is 0.472 e. The molecule has 7 aliphatic heterocycles. The van der Waals surface area contributed by atoms with Crippen LogP contribution in [-0.4, -0.2) is 234 Å². The van der Waals surface area contributed by atoms with Crippen molar-refractivity contribution in [3.05, 3.63) is 118 Å². The molecule has 0 radical (unpaired) electrons. The number of benzene rings is 2. The Bertz CT molecular complexity index is 3450. The van der Waals surface area contributed by atoms with E-state index in [1.54, 1.807) is 10.0 Å². The highest BCUT2D eigenvalue weighted by Crippen LogP contribution is 2.65. The number of carbonyl (C=O) groups excluding carboxylic acids is 3. The van der Waals surface area contributed by atoms with Crippen LogP contribution >= 0.6 is 34.8 Å². The standard InChI is InChI=1S/C25H31FN6O3.C15H19N3O.C11H18O.C9H13ClFN4O2.C6H13NO2.C4HCl2FN2/c26-21-18-27-25(29-23(21)35-17-14-30-12-15-34-16-13-30)31-10-7-20(8-11-31)24(33)32-22(6-9-28-32)19-4-2-1-3-5-19;19-15(13-6-9-16-10-7-13)18-14(8-11-17-18)12-4-2-1-3-5-12;1-4-11-6-5-8(7-9(11)12)10(11,2)3;10-8-12-7-15(11)9(13-8)17-6-3-14-1-4-16-5-2-14;8-4-1-7-2-5-9-6-3-7;5-3-2(7)1-8-4(6)9-3/h1-5,9,18,20,22H,6-8,10-17H2;1-5,11,13-14,16H,6-10H2;8H,4-7H2,1-3H3;7H,1-6H2;8H,1-6H2;1H/q;;;+1;;/t22-;14-;8?,11-;;;/m000.../s1. The molecule has 2 bridgehead atoms. The number of hydrogen-bond acceptors (Lipinski definition) is 22. The van der Waals surface area contributed by atoms with Crippen LogP contribution in [0.3, 0.4) is 0 Å². The molecule has 31 heteroatoms. The van der Waals surface area contributed by atoms with Gasteiger partial charge >= 0.3 is 11.3 Å². The molecular formula is C70H95Cl3F3N16O9+. The molecule has 14 rings (SSSR count). The van der Waals surface area contributed by atoms with Gasteiger partial charge < -0.3 is 39.0 Å². The summed E-state index contributed by atoms with van der Waals surface area (Å²) in [5, 5.41) is 23.5. The van der Waals surface area contributed by atoms with Gasteiger partial charge in [0.05, 0.1) is 70.7 Å². The van der Waals surface area contributed by atoms with Crippen LogP contribution in [0.15, 0.2) is 89.6 Å². The Balaban J connectivity index is 0.000000153. The van der Waals surface area contributed by atoms with Crippen LogP contribution in [0.5, 0.6) is 11.9 Å². The van der Waals surface area contributed by atoms with Crippen molar-refractivity contribution in [3.63, 3.8) is 0 Å². The van der Waals surface area contributed by atoms with E-state index in [-0.39, 0.29) is 80.2 Å². The largest absolute Gasteiger partial charge is 0.474 e. The number of ketones is 1. The number of anilines is 1. The van der Waals surface area contributed by atoms with Crippen molar-refractivity contribution in [3.8, 4) is 11.9 Å². The Hall–Kier alpha value is -6.70. The molecule has 9 aliphatic rings. The molecule has 5 aromatic rings. The number of aromatic nitrogens is 7. The van der Waals surface area contributed by atoms with E-state index < -0.39 is 11.6 Å². The third kappa shape index (κ3) is 22.2. The molecule has 2 aliphatic carbocycles. The van der Waals surface area contributed by atoms with E-state index in [1.807, 2.05) is 65.9 Å². The zero-order valence-corrected chi connectivity index (χ0v) is 60.1. The number of nitrogens with zero attached hydrogens (tertiary/aromatic N) is 15. The summed E-state index contributed by atoms with van der Waals surface area (Å²) in [7, 11) is 0. The van der Waals surface area contributed by atoms with Crippen molar-refractivity contribution in [2.75, 3.05) is 149 Å². The van der Waals surface area contributed by atoms with Gasteiger partial charge in [0.2, 0.25) is 28.9 Å².